The minimum Gasteiger partial charge on any atom is -0.316 e. The smallest absolute Gasteiger partial charge is 0.00126 e. The highest BCUT2D eigenvalue weighted by Gasteiger charge is 2.44. The van der Waals surface area contributed by atoms with E-state index in [0.717, 1.165) is 17.8 Å². The van der Waals surface area contributed by atoms with Crippen molar-refractivity contribution in [2.45, 2.75) is 40.0 Å². The van der Waals surface area contributed by atoms with E-state index >= 15 is 0 Å². The maximum absolute atomic E-state index is 3.56. The van der Waals surface area contributed by atoms with Gasteiger partial charge >= 0.3 is 0 Å². The summed E-state index contributed by atoms with van der Waals surface area (Å²) in [7, 11) is 0. The molecule has 0 aromatic heterocycles. The summed E-state index contributed by atoms with van der Waals surface area (Å²) < 4.78 is 0. The van der Waals surface area contributed by atoms with Crippen LogP contribution in [0.25, 0.3) is 0 Å². The van der Waals surface area contributed by atoms with Crippen molar-refractivity contribution in [3.05, 3.63) is 0 Å². The van der Waals surface area contributed by atoms with E-state index in [1.807, 2.05) is 0 Å². The molecular weight excluding hydrogens is 158 g/mol. The van der Waals surface area contributed by atoms with Gasteiger partial charge in [-0.1, -0.05) is 20.8 Å². The van der Waals surface area contributed by atoms with Crippen molar-refractivity contribution in [1.29, 1.82) is 0 Å². The molecule has 1 saturated carbocycles. The molecule has 1 saturated heterocycles. The minimum atomic E-state index is 0.664. The summed E-state index contributed by atoms with van der Waals surface area (Å²) >= 11 is 0. The fourth-order valence-corrected chi connectivity index (χ4v) is 3.41. The second kappa shape index (κ2) is 3.27. The molecule has 0 spiro atoms. The SMILES string of the molecule is CC1CCC2(C)CCNCC2C1C. The predicted octanol–water partition coefficient (Wildman–Crippen LogP) is 2.67. The van der Waals surface area contributed by atoms with Gasteiger partial charge in [0.05, 0.1) is 0 Å². The second-order valence-electron chi connectivity index (χ2n) is 5.59. The van der Waals surface area contributed by atoms with Gasteiger partial charge in [0.2, 0.25) is 0 Å². The number of nitrogens with one attached hydrogen (secondary N) is 1. The lowest BCUT2D eigenvalue weighted by molar-refractivity contribution is 0.00511. The number of rotatable bonds is 0. The summed E-state index contributed by atoms with van der Waals surface area (Å²) in [6, 6.07) is 0. The molecule has 13 heavy (non-hydrogen) atoms. The summed E-state index contributed by atoms with van der Waals surface area (Å²) in [5.74, 6) is 2.80. The third-order valence-corrected chi connectivity index (χ3v) is 4.84. The summed E-state index contributed by atoms with van der Waals surface area (Å²) in [6.07, 6.45) is 4.31. The van der Waals surface area contributed by atoms with Gasteiger partial charge < -0.3 is 5.32 Å². The maximum atomic E-state index is 3.56. The van der Waals surface area contributed by atoms with Gasteiger partial charge in [-0.2, -0.15) is 0 Å². The molecule has 1 nitrogen and oxygen atoms in total. The Morgan fingerprint density at radius 1 is 1.23 bits per heavy atom. The Labute approximate surface area is 82.3 Å². The highest BCUT2D eigenvalue weighted by molar-refractivity contribution is 4.95. The van der Waals surface area contributed by atoms with Gasteiger partial charge in [0.25, 0.3) is 0 Å². The average molecular weight is 181 g/mol. The van der Waals surface area contributed by atoms with Gasteiger partial charge in [0, 0.05) is 0 Å². The molecule has 0 aromatic carbocycles. The molecule has 2 rings (SSSR count). The molecule has 76 valence electrons. The lowest BCUT2D eigenvalue weighted by Crippen LogP contribution is -2.50. The van der Waals surface area contributed by atoms with Gasteiger partial charge in [-0.05, 0) is 55.5 Å². The van der Waals surface area contributed by atoms with Crippen molar-refractivity contribution in [1.82, 2.24) is 5.32 Å². The Morgan fingerprint density at radius 2 is 2.00 bits per heavy atom. The monoisotopic (exact) mass is 181 g/mol. The van der Waals surface area contributed by atoms with Gasteiger partial charge in [-0.15, -0.1) is 0 Å². The normalized spacial score (nSPS) is 51.5. The first-order chi connectivity index (χ1) is 6.13. The van der Waals surface area contributed by atoms with Crippen molar-refractivity contribution in [3.8, 4) is 0 Å². The van der Waals surface area contributed by atoms with Crippen LogP contribution in [0.1, 0.15) is 40.0 Å². The van der Waals surface area contributed by atoms with E-state index in [9.17, 15) is 0 Å². The molecule has 4 atom stereocenters. The Hall–Kier alpha value is -0.0400. The largest absolute Gasteiger partial charge is 0.316 e. The third kappa shape index (κ3) is 1.52. The zero-order valence-corrected chi connectivity index (χ0v) is 9.27. The van der Waals surface area contributed by atoms with Crippen molar-refractivity contribution in [2.24, 2.45) is 23.2 Å². The van der Waals surface area contributed by atoms with Gasteiger partial charge in [-0.25, -0.2) is 0 Å². The average Bonchev–Trinajstić information content (AvgIpc) is 2.12. The minimum absolute atomic E-state index is 0.664. The van der Waals surface area contributed by atoms with Crippen molar-refractivity contribution in [2.75, 3.05) is 13.1 Å². The summed E-state index contributed by atoms with van der Waals surface area (Å²) in [4.78, 5) is 0. The zero-order valence-electron chi connectivity index (χ0n) is 9.27. The Bertz CT molecular complexity index is 190. The van der Waals surface area contributed by atoms with Crippen LogP contribution >= 0.6 is 0 Å². The Kier molecular flexibility index (Phi) is 2.39. The molecule has 1 aliphatic carbocycles. The Balaban J connectivity index is 2.15. The topological polar surface area (TPSA) is 12.0 Å². The fraction of sp³-hybridized carbons (Fsp3) is 1.00. The fourth-order valence-electron chi connectivity index (χ4n) is 3.41. The summed E-state index contributed by atoms with van der Waals surface area (Å²) in [5, 5.41) is 3.56. The van der Waals surface area contributed by atoms with Crippen LogP contribution in [0.4, 0.5) is 0 Å². The summed E-state index contributed by atoms with van der Waals surface area (Å²) in [6.45, 7) is 9.91. The number of piperidine rings is 1. The van der Waals surface area contributed by atoms with E-state index < -0.39 is 0 Å². The molecule has 1 heteroatoms. The molecule has 1 aliphatic heterocycles. The first-order valence-corrected chi connectivity index (χ1v) is 5.84. The van der Waals surface area contributed by atoms with Gasteiger partial charge in [0.1, 0.15) is 0 Å². The van der Waals surface area contributed by atoms with Gasteiger partial charge in [0.15, 0.2) is 0 Å². The molecule has 4 unspecified atom stereocenters. The molecule has 1 heterocycles. The van der Waals surface area contributed by atoms with E-state index in [0.29, 0.717) is 5.41 Å². The molecule has 2 fully saturated rings. The lowest BCUT2D eigenvalue weighted by Gasteiger charge is -2.51. The molecule has 0 radical (unpaired) electrons. The van der Waals surface area contributed by atoms with Crippen LogP contribution in [0.3, 0.4) is 0 Å². The molecule has 0 aromatic rings. The van der Waals surface area contributed by atoms with Crippen LogP contribution in [0.5, 0.6) is 0 Å². The van der Waals surface area contributed by atoms with Crippen LogP contribution in [0, 0.1) is 23.2 Å². The number of fused-ring (bicyclic) bond motifs is 1. The Morgan fingerprint density at radius 3 is 2.77 bits per heavy atom. The molecule has 0 bridgehead atoms. The van der Waals surface area contributed by atoms with Crippen LogP contribution in [-0.2, 0) is 0 Å². The third-order valence-electron chi connectivity index (χ3n) is 4.84. The van der Waals surface area contributed by atoms with E-state index in [4.69, 9.17) is 0 Å². The molecule has 0 amide bonds. The van der Waals surface area contributed by atoms with Crippen LogP contribution in [0.15, 0.2) is 0 Å². The maximum Gasteiger partial charge on any atom is -0.00126 e. The van der Waals surface area contributed by atoms with E-state index in [-0.39, 0.29) is 0 Å². The number of hydrogen-bond donors (Lipinski definition) is 1. The first kappa shape index (κ1) is 9.51. The zero-order chi connectivity index (χ0) is 9.47. The van der Waals surface area contributed by atoms with E-state index in [2.05, 4.69) is 26.1 Å². The molecule has 2 aliphatic rings. The van der Waals surface area contributed by atoms with Crippen LogP contribution in [0.2, 0.25) is 0 Å². The van der Waals surface area contributed by atoms with Crippen molar-refractivity contribution < 1.29 is 0 Å². The van der Waals surface area contributed by atoms with Crippen LogP contribution in [-0.4, -0.2) is 13.1 Å². The van der Waals surface area contributed by atoms with Gasteiger partial charge in [-0.3, -0.25) is 0 Å². The summed E-state index contributed by atoms with van der Waals surface area (Å²) in [5.41, 5.74) is 0.664. The quantitative estimate of drug-likeness (QED) is 0.606. The highest BCUT2D eigenvalue weighted by Crippen LogP contribution is 2.49. The molecular formula is C12H23N. The molecule has 1 N–H and O–H groups in total. The first-order valence-electron chi connectivity index (χ1n) is 5.84. The predicted molar refractivity (Wildman–Crippen MR) is 56.6 cm³/mol. The highest BCUT2D eigenvalue weighted by atomic mass is 14.9. The van der Waals surface area contributed by atoms with Crippen molar-refractivity contribution >= 4 is 0 Å². The lowest BCUT2D eigenvalue weighted by atomic mass is 9.57. The van der Waals surface area contributed by atoms with Crippen molar-refractivity contribution in [3.63, 3.8) is 0 Å². The second-order valence-corrected chi connectivity index (χ2v) is 5.59. The van der Waals surface area contributed by atoms with E-state index in [1.165, 1.54) is 32.4 Å². The van der Waals surface area contributed by atoms with E-state index in [1.54, 1.807) is 0 Å². The standard InChI is InChI=1S/C12H23N/c1-9-4-5-12(3)6-7-13-8-11(12)10(9)2/h9-11,13H,4-8H2,1-3H3. The number of hydrogen-bond acceptors (Lipinski definition) is 1. The van der Waals surface area contributed by atoms with Crippen LogP contribution < -0.4 is 5.32 Å².